The third kappa shape index (κ3) is 6.97. The van der Waals surface area contributed by atoms with Gasteiger partial charge in [0.2, 0.25) is 0 Å². The molecule has 1 fully saturated rings. The number of likely N-dealkylation sites (tertiary alicyclic amines) is 1. The Kier molecular flexibility index (Phi) is 9.60. The Morgan fingerprint density at radius 3 is 2.23 bits per heavy atom. The van der Waals surface area contributed by atoms with Gasteiger partial charge in [-0.3, -0.25) is 4.79 Å². The van der Waals surface area contributed by atoms with E-state index in [2.05, 4.69) is 17.0 Å². The first-order valence-corrected chi connectivity index (χ1v) is 14.0. The second-order valence-corrected chi connectivity index (χ2v) is 10.8. The van der Waals surface area contributed by atoms with E-state index in [1.54, 1.807) is 6.07 Å². The van der Waals surface area contributed by atoms with Gasteiger partial charge < -0.3 is 19.8 Å². The molecule has 1 aliphatic heterocycles. The number of para-hydroxylation sites is 1. The van der Waals surface area contributed by atoms with Crippen molar-refractivity contribution in [3.8, 4) is 5.75 Å². The largest absolute Gasteiger partial charge is 0.507 e. The standard InChI is InChI=1S/C34H41NO4/c1-4-39-33(38)34(2,3)28-18-16-25(17-19-28)30(36)15-10-22-35-23-20-27(21-24-35)32(26-11-6-5-7-12-26)29-13-8-9-14-31(29)37/h5-9,11-14,16-19,30,36-37H,4,10,15,20-24H2,1-3H3. The van der Waals surface area contributed by atoms with Gasteiger partial charge in [0.15, 0.2) is 0 Å². The van der Waals surface area contributed by atoms with Gasteiger partial charge in [-0.25, -0.2) is 0 Å². The van der Waals surface area contributed by atoms with Crippen molar-refractivity contribution in [2.45, 2.75) is 58.0 Å². The Balaban J connectivity index is 1.33. The monoisotopic (exact) mass is 527 g/mol. The molecule has 3 aromatic rings. The molecule has 3 aromatic carbocycles. The summed E-state index contributed by atoms with van der Waals surface area (Å²) in [7, 11) is 0. The zero-order valence-electron chi connectivity index (χ0n) is 23.4. The number of carbonyl (C=O) groups is 1. The number of rotatable bonds is 10. The lowest BCUT2D eigenvalue weighted by Crippen LogP contribution is -2.32. The highest BCUT2D eigenvalue weighted by Gasteiger charge is 2.31. The van der Waals surface area contributed by atoms with Crippen molar-refractivity contribution in [2.24, 2.45) is 0 Å². The van der Waals surface area contributed by atoms with Gasteiger partial charge in [-0.2, -0.15) is 0 Å². The van der Waals surface area contributed by atoms with Crippen LogP contribution in [0, 0.1) is 0 Å². The first-order chi connectivity index (χ1) is 18.8. The van der Waals surface area contributed by atoms with E-state index in [4.69, 9.17) is 4.74 Å². The highest BCUT2D eigenvalue weighted by Crippen LogP contribution is 2.36. The van der Waals surface area contributed by atoms with Crippen molar-refractivity contribution in [1.82, 2.24) is 4.90 Å². The Morgan fingerprint density at radius 1 is 0.949 bits per heavy atom. The number of phenolic OH excluding ortho intramolecular Hbond substituents is 1. The van der Waals surface area contributed by atoms with E-state index in [-0.39, 0.29) is 5.97 Å². The molecule has 0 bridgehead atoms. The van der Waals surface area contributed by atoms with Gasteiger partial charge in [0, 0.05) is 18.7 Å². The summed E-state index contributed by atoms with van der Waals surface area (Å²) < 4.78 is 5.21. The summed E-state index contributed by atoms with van der Waals surface area (Å²) in [4.78, 5) is 14.8. The minimum absolute atomic E-state index is 0.241. The fourth-order valence-corrected chi connectivity index (χ4v) is 5.36. The molecule has 0 aromatic heterocycles. The zero-order valence-corrected chi connectivity index (χ0v) is 23.4. The number of esters is 1. The number of piperidine rings is 1. The van der Waals surface area contributed by atoms with Gasteiger partial charge in [-0.05, 0) is 81.3 Å². The number of benzene rings is 3. The molecule has 2 N–H and O–H groups in total. The molecule has 1 atom stereocenters. The summed E-state index contributed by atoms with van der Waals surface area (Å²) in [5.41, 5.74) is 5.60. The van der Waals surface area contributed by atoms with Crippen LogP contribution < -0.4 is 0 Å². The highest BCUT2D eigenvalue weighted by atomic mass is 16.5. The van der Waals surface area contributed by atoms with Crippen LogP contribution >= 0.6 is 0 Å². The molecule has 1 saturated heterocycles. The van der Waals surface area contributed by atoms with E-state index >= 15 is 0 Å². The van der Waals surface area contributed by atoms with E-state index in [0.29, 0.717) is 18.8 Å². The third-order valence-electron chi connectivity index (χ3n) is 7.80. The number of carbonyl (C=O) groups excluding carboxylic acids is 1. The highest BCUT2D eigenvalue weighted by molar-refractivity contribution is 5.85. The number of aliphatic hydroxyl groups is 1. The van der Waals surface area contributed by atoms with Crippen LogP contribution in [0.25, 0.3) is 5.57 Å². The molecule has 39 heavy (non-hydrogen) atoms. The van der Waals surface area contributed by atoms with Gasteiger partial charge in [-0.15, -0.1) is 0 Å². The number of aliphatic hydroxyl groups excluding tert-OH is 1. The predicted octanol–water partition coefficient (Wildman–Crippen LogP) is 6.64. The predicted molar refractivity (Wildman–Crippen MR) is 157 cm³/mol. The maximum Gasteiger partial charge on any atom is 0.315 e. The van der Waals surface area contributed by atoms with Crippen molar-refractivity contribution in [1.29, 1.82) is 0 Å². The van der Waals surface area contributed by atoms with E-state index in [9.17, 15) is 15.0 Å². The van der Waals surface area contributed by atoms with Gasteiger partial charge in [0.1, 0.15) is 5.75 Å². The minimum atomic E-state index is -0.722. The molecule has 5 nitrogen and oxygen atoms in total. The summed E-state index contributed by atoms with van der Waals surface area (Å²) in [5, 5.41) is 21.4. The normalized spacial score (nSPS) is 15.1. The quantitative estimate of drug-likeness (QED) is 0.289. The van der Waals surface area contributed by atoms with E-state index < -0.39 is 11.5 Å². The molecule has 1 heterocycles. The zero-order chi connectivity index (χ0) is 27.8. The molecular weight excluding hydrogens is 486 g/mol. The molecule has 206 valence electrons. The molecule has 5 heteroatoms. The van der Waals surface area contributed by atoms with Gasteiger partial charge in [0.05, 0.1) is 18.1 Å². The van der Waals surface area contributed by atoms with Crippen molar-refractivity contribution >= 4 is 11.5 Å². The smallest absolute Gasteiger partial charge is 0.315 e. The second-order valence-electron chi connectivity index (χ2n) is 10.8. The number of hydrogen-bond donors (Lipinski definition) is 2. The van der Waals surface area contributed by atoms with E-state index in [1.165, 1.54) is 5.57 Å². The van der Waals surface area contributed by atoms with Crippen molar-refractivity contribution in [3.63, 3.8) is 0 Å². The molecular formula is C34H41NO4. The van der Waals surface area contributed by atoms with Gasteiger partial charge >= 0.3 is 5.97 Å². The lowest BCUT2D eigenvalue weighted by Gasteiger charge is -2.30. The lowest BCUT2D eigenvalue weighted by atomic mass is 9.84. The summed E-state index contributed by atoms with van der Waals surface area (Å²) in [6.07, 6.45) is 2.97. The Bertz CT molecular complexity index is 1250. The molecule has 0 amide bonds. The van der Waals surface area contributed by atoms with Gasteiger partial charge in [-0.1, -0.05) is 78.4 Å². The summed E-state index contributed by atoms with van der Waals surface area (Å²) in [5.74, 6) is 0.0760. The Hall–Kier alpha value is -3.41. The maximum atomic E-state index is 12.3. The Labute approximate surface area is 232 Å². The molecule has 0 spiro atoms. The lowest BCUT2D eigenvalue weighted by molar-refractivity contribution is -0.148. The van der Waals surface area contributed by atoms with E-state index in [0.717, 1.165) is 66.7 Å². The van der Waals surface area contributed by atoms with Crippen molar-refractivity contribution in [3.05, 3.63) is 107 Å². The van der Waals surface area contributed by atoms with Crippen LogP contribution in [0.4, 0.5) is 0 Å². The average molecular weight is 528 g/mol. The molecule has 0 saturated carbocycles. The fourth-order valence-electron chi connectivity index (χ4n) is 5.36. The second kappa shape index (κ2) is 13.1. The molecule has 1 aliphatic rings. The number of aromatic hydroxyl groups is 1. The van der Waals surface area contributed by atoms with Crippen LogP contribution in [-0.4, -0.2) is 47.3 Å². The number of nitrogens with zero attached hydrogens (tertiary/aromatic N) is 1. The van der Waals surface area contributed by atoms with Crippen molar-refractivity contribution in [2.75, 3.05) is 26.2 Å². The van der Waals surface area contributed by atoms with Crippen LogP contribution in [0.2, 0.25) is 0 Å². The molecule has 0 aliphatic carbocycles. The third-order valence-corrected chi connectivity index (χ3v) is 7.80. The Morgan fingerprint density at radius 2 is 1.59 bits per heavy atom. The molecule has 0 radical (unpaired) electrons. The van der Waals surface area contributed by atoms with Crippen LogP contribution in [0.3, 0.4) is 0 Å². The van der Waals surface area contributed by atoms with E-state index in [1.807, 2.05) is 81.4 Å². The number of hydrogen-bond acceptors (Lipinski definition) is 5. The number of phenols is 1. The maximum absolute atomic E-state index is 12.3. The van der Waals surface area contributed by atoms with Crippen LogP contribution in [0.5, 0.6) is 5.75 Å². The summed E-state index contributed by atoms with van der Waals surface area (Å²) in [6, 6.07) is 25.6. The van der Waals surface area contributed by atoms with Gasteiger partial charge in [0.25, 0.3) is 0 Å². The summed E-state index contributed by atoms with van der Waals surface area (Å²) in [6.45, 7) is 8.77. The minimum Gasteiger partial charge on any atom is -0.507 e. The van der Waals surface area contributed by atoms with Crippen molar-refractivity contribution < 1.29 is 19.7 Å². The first kappa shape index (κ1) is 28.6. The summed E-state index contributed by atoms with van der Waals surface area (Å²) >= 11 is 0. The van der Waals surface area contributed by atoms with Crippen LogP contribution in [0.15, 0.2) is 84.4 Å². The topological polar surface area (TPSA) is 70.0 Å². The molecule has 4 rings (SSSR count). The SMILES string of the molecule is CCOC(=O)C(C)(C)c1ccc(C(O)CCCN2CCC(=C(c3ccccc3)c3ccccc3O)CC2)cc1. The molecule has 1 unspecified atom stereocenters. The first-order valence-electron chi connectivity index (χ1n) is 14.0. The average Bonchev–Trinajstić information content (AvgIpc) is 2.96. The van der Waals surface area contributed by atoms with Crippen LogP contribution in [-0.2, 0) is 14.9 Å². The fraction of sp³-hybridized carbons (Fsp3) is 0.382. The van der Waals surface area contributed by atoms with Crippen LogP contribution in [0.1, 0.15) is 74.8 Å². The number of ether oxygens (including phenoxy) is 1.